The molecule has 0 radical (unpaired) electrons. The van der Waals surface area contributed by atoms with Gasteiger partial charge in [0.2, 0.25) is 0 Å². The zero-order valence-electron chi connectivity index (χ0n) is 13.5. The van der Waals surface area contributed by atoms with Gasteiger partial charge in [-0.25, -0.2) is 4.79 Å². The number of nitrogen functional groups attached to an aromatic ring is 1. The topological polar surface area (TPSA) is 112 Å². The second kappa shape index (κ2) is 6.35. The molecule has 4 N–H and O–H groups in total. The molecule has 7 nitrogen and oxygen atoms in total. The lowest BCUT2D eigenvalue weighted by atomic mass is 9.90. The molecule has 2 aromatic rings. The van der Waals surface area contributed by atoms with Crippen LogP contribution in [0.1, 0.15) is 47.4 Å². The van der Waals surface area contributed by atoms with Crippen LogP contribution in [0.15, 0.2) is 33.9 Å². The Balaban J connectivity index is 2.04. The summed E-state index contributed by atoms with van der Waals surface area (Å²) in [5.74, 6) is -0.413. The van der Waals surface area contributed by atoms with Gasteiger partial charge >= 0.3 is 5.69 Å². The van der Waals surface area contributed by atoms with Crippen LogP contribution in [0.3, 0.4) is 0 Å². The highest BCUT2D eigenvalue weighted by Crippen LogP contribution is 2.34. The van der Waals surface area contributed by atoms with Crippen LogP contribution in [0.4, 0.5) is 5.69 Å². The van der Waals surface area contributed by atoms with Crippen molar-refractivity contribution in [1.82, 2.24) is 14.9 Å². The van der Waals surface area contributed by atoms with E-state index in [1.54, 1.807) is 4.90 Å². The maximum Gasteiger partial charge on any atom is 0.326 e. The van der Waals surface area contributed by atoms with E-state index in [0.29, 0.717) is 6.54 Å². The van der Waals surface area contributed by atoms with Gasteiger partial charge in [-0.2, -0.15) is 0 Å². The van der Waals surface area contributed by atoms with E-state index in [1.807, 2.05) is 23.2 Å². The lowest BCUT2D eigenvalue weighted by molar-refractivity contribution is 0.0644. The highest BCUT2D eigenvalue weighted by atomic mass is 16.2. The van der Waals surface area contributed by atoms with Crippen LogP contribution in [-0.4, -0.2) is 27.3 Å². The maximum atomic E-state index is 12.9. The van der Waals surface area contributed by atoms with E-state index in [-0.39, 0.29) is 17.4 Å². The van der Waals surface area contributed by atoms with Gasteiger partial charge in [0.1, 0.15) is 11.4 Å². The SMILES string of the molecule is CCCC1c2ccccc2CCN1C(=O)c1[nH]c(=O)[nH]c(=O)c1N. The van der Waals surface area contributed by atoms with Gasteiger partial charge in [-0.3, -0.25) is 14.6 Å². The number of nitrogens with zero attached hydrogens (tertiary/aromatic N) is 1. The second-order valence-electron chi connectivity index (χ2n) is 5.95. The summed E-state index contributed by atoms with van der Waals surface area (Å²) in [6.07, 6.45) is 2.44. The molecule has 0 aliphatic carbocycles. The molecular weight excluding hydrogens is 308 g/mol. The molecule has 126 valence electrons. The summed E-state index contributed by atoms with van der Waals surface area (Å²) in [6.45, 7) is 2.58. The number of rotatable bonds is 3. The average Bonchev–Trinajstić information content (AvgIpc) is 2.58. The standard InChI is InChI=1S/C17H20N4O3/c1-2-5-12-11-7-4-3-6-10(11)8-9-21(12)16(23)14-13(18)15(22)20-17(24)19-14/h3-4,6-7,12H,2,5,8-9,18H2,1H3,(H2,19,20,22,24). The Morgan fingerprint density at radius 1 is 1.29 bits per heavy atom. The van der Waals surface area contributed by atoms with Crippen molar-refractivity contribution in [1.29, 1.82) is 0 Å². The average molecular weight is 328 g/mol. The van der Waals surface area contributed by atoms with Crippen molar-refractivity contribution in [2.24, 2.45) is 0 Å². The number of anilines is 1. The van der Waals surface area contributed by atoms with E-state index in [1.165, 1.54) is 5.56 Å². The highest BCUT2D eigenvalue weighted by molar-refractivity contribution is 5.97. The first-order chi connectivity index (χ1) is 11.5. The number of carbonyl (C=O) groups excluding carboxylic acids is 1. The summed E-state index contributed by atoms with van der Waals surface area (Å²) < 4.78 is 0. The number of nitrogens with two attached hydrogens (primary N) is 1. The molecule has 1 unspecified atom stereocenters. The van der Waals surface area contributed by atoms with Crippen molar-refractivity contribution in [3.05, 3.63) is 61.9 Å². The van der Waals surface area contributed by atoms with Crippen LogP contribution in [-0.2, 0) is 6.42 Å². The minimum atomic E-state index is -0.744. The Labute approximate surface area is 138 Å². The molecule has 7 heteroatoms. The van der Waals surface area contributed by atoms with Crippen molar-refractivity contribution in [2.75, 3.05) is 12.3 Å². The molecule has 0 saturated carbocycles. The maximum absolute atomic E-state index is 12.9. The summed E-state index contributed by atoms with van der Waals surface area (Å²) in [5, 5.41) is 0. The number of aromatic amines is 2. The second-order valence-corrected chi connectivity index (χ2v) is 5.95. The molecule has 24 heavy (non-hydrogen) atoms. The van der Waals surface area contributed by atoms with Crippen LogP contribution in [0.5, 0.6) is 0 Å². The largest absolute Gasteiger partial charge is 0.392 e. The van der Waals surface area contributed by atoms with Gasteiger partial charge in [0, 0.05) is 6.54 Å². The molecule has 3 rings (SSSR count). The van der Waals surface area contributed by atoms with Gasteiger partial charge in [0.25, 0.3) is 11.5 Å². The Bertz CT molecular complexity index is 884. The number of H-pyrrole nitrogens is 2. The number of hydrogen-bond donors (Lipinski definition) is 3. The van der Waals surface area contributed by atoms with E-state index in [0.717, 1.165) is 24.8 Å². The first-order valence-corrected chi connectivity index (χ1v) is 8.03. The monoisotopic (exact) mass is 328 g/mol. The van der Waals surface area contributed by atoms with Crippen molar-refractivity contribution < 1.29 is 4.79 Å². The lowest BCUT2D eigenvalue weighted by Crippen LogP contribution is -2.42. The van der Waals surface area contributed by atoms with Crippen molar-refractivity contribution in [3.63, 3.8) is 0 Å². The molecule has 0 bridgehead atoms. The Hall–Kier alpha value is -2.83. The summed E-state index contributed by atoms with van der Waals surface area (Å²) in [6, 6.07) is 7.96. The Kier molecular flexibility index (Phi) is 4.24. The molecule has 0 saturated heterocycles. The molecule has 0 fully saturated rings. The molecule has 1 aromatic heterocycles. The number of benzene rings is 1. The summed E-state index contributed by atoms with van der Waals surface area (Å²) in [4.78, 5) is 42.2. The van der Waals surface area contributed by atoms with Crippen molar-refractivity contribution >= 4 is 11.6 Å². The van der Waals surface area contributed by atoms with Crippen LogP contribution in [0, 0.1) is 0 Å². The third-order valence-corrected chi connectivity index (χ3v) is 4.43. The van der Waals surface area contributed by atoms with Crippen LogP contribution in [0.25, 0.3) is 0 Å². The molecule has 1 amide bonds. The first-order valence-electron chi connectivity index (χ1n) is 8.03. The fourth-order valence-electron chi connectivity index (χ4n) is 3.29. The number of amides is 1. The summed E-state index contributed by atoms with van der Waals surface area (Å²) in [7, 11) is 0. The van der Waals surface area contributed by atoms with Gasteiger partial charge in [-0.1, -0.05) is 37.6 Å². The number of hydrogen-bond acceptors (Lipinski definition) is 4. The van der Waals surface area contributed by atoms with Gasteiger partial charge in [0.05, 0.1) is 6.04 Å². The third kappa shape index (κ3) is 2.73. The quantitative estimate of drug-likeness (QED) is 0.785. The van der Waals surface area contributed by atoms with E-state index in [9.17, 15) is 14.4 Å². The first kappa shape index (κ1) is 16.0. The predicted molar refractivity (Wildman–Crippen MR) is 90.9 cm³/mol. The lowest BCUT2D eigenvalue weighted by Gasteiger charge is -2.37. The minimum Gasteiger partial charge on any atom is -0.392 e. The molecule has 1 aliphatic rings. The number of aromatic nitrogens is 2. The fraction of sp³-hybridized carbons (Fsp3) is 0.353. The van der Waals surface area contributed by atoms with E-state index in [2.05, 4.69) is 18.0 Å². The number of carbonyl (C=O) groups is 1. The molecule has 1 aromatic carbocycles. The summed E-state index contributed by atoms with van der Waals surface area (Å²) in [5.41, 5.74) is 6.19. The van der Waals surface area contributed by atoms with Crippen molar-refractivity contribution in [3.8, 4) is 0 Å². The number of nitrogens with one attached hydrogen (secondary N) is 2. The van der Waals surface area contributed by atoms with Crippen molar-refractivity contribution in [2.45, 2.75) is 32.2 Å². The molecule has 2 heterocycles. The Morgan fingerprint density at radius 3 is 2.79 bits per heavy atom. The third-order valence-electron chi connectivity index (χ3n) is 4.43. The molecule has 1 aliphatic heterocycles. The Morgan fingerprint density at radius 2 is 2.04 bits per heavy atom. The zero-order chi connectivity index (χ0) is 17.3. The van der Waals surface area contributed by atoms with Gasteiger partial charge in [0.15, 0.2) is 0 Å². The highest BCUT2D eigenvalue weighted by Gasteiger charge is 2.32. The smallest absolute Gasteiger partial charge is 0.326 e. The van der Waals surface area contributed by atoms with E-state index in [4.69, 9.17) is 5.73 Å². The number of fused-ring (bicyclic) bond motifs is 1. The van der Waals surface area contributed by atoms with Gasteiger partial charge in [-0.15, -0.1) is 0 Å². The van der Waals surface area contributed by atoms with Crippen LogP contribution in [0.2, 0.25) is 0 Å². The predicted octanol–water partition coefficient (Wildman–Crippen LogP) is 1.19. The van der Waals surface area contributed by atoms with E-state index >= 15 is 0 Å². The minimum absolute atomic E-state index is 0.0883. The summed E-state index contributed by atoms with van der Waals surface area (Å²) >= 11 is 0. The molecule has 0 spiro atoms. The van der Waals surface area contributed by atoms with Gasteiger partial charge < -0.3 is 15.6 Å². The normalized spacial score (nSPS) is 16.7. The van der Waals surface area contributed by atoms with Crippen LogP contribution < -0.4 is 17.0 Å². The zero-order valence-corrected chi connectivity index (χ0v) is 13.5. The fourth-order valence-corrected chi connectivity index (χ4v) is 3.29. The van der Waals surface area contributed by atoms with E-state index < -0.39 is 17.2 Å². The van der Waals surface area contributed by atoms with Crippen LogP contribution >= 0.6 is 0 Å². The molecule has 1 atom stereocenters. The molecular formula is C17H20N4O3. The van der Waals surface area contributed by atoms with Gasteiger partial charge in [-0.05, 0) is 24.0 Å².